The molecule has 2 aromatic rings. The predicted octanol–water partition coefficient (Wildman–Crippen LogP) is 2.67. The predicted molar refractivity (Wildman–Crippen MR) is 88.8 cm³/mol. The van der Waals surface area contributed by atoms with Crippen molar-refractivity contribution < 1.29 is 4.79 Å². The van der Waals surface area contributed by atoms with Crippen LogP contribution in [-0.4, -0.2) is 21.2 Å². The van der Waals surface area contributed by atoms with Crippen molar-refractivity contribution in [3.8, 4) is 0 Å². The van der Waals surface area contributed by atoms with E-state index in [-0.39, 0.29) is 11.3 Å². The van der Waals surface area contributed by atoms with Crippen molar-refractivity contribution in [1.82, 2.24) is 9.66 Å². The molecule has 112 valence electrons. The van der Waals surface area contributed by atoms with Gasteiger partial charge in [0.15, 0.2) is 5.78 Å². The van der Waals surface area contributed by atoms with Gasteiger partial charge in [-0.1, -0.05) is 0 Å². The molecule has 0 saturated carbocycles. The van der Waals surface area contributed by atoms with Crippen LogP contribution in [0.1, 0.15) is 23.2 Å². The third-order valence-electron chi connectivity index (χ3n) is 3.72. The molecule has 0 amide bonds. The summed E-state index contributed by atoms with van der Waals surface area (Å²) in [6.07, 6.45) is 4.57. The highest BCUT2D eigenvalue weighted by Gasteiger charge is 2.15. The standard InChI is InChI=1S/C16H15N3O2S/c1-8-7-12(20)5-6-13(8)18-19-11(4)17-15-14(16(19)21)9(2)10(3)22-15/h5-7H,1-4H3. The fourth-order valence-electron chi connectivity index (χ4n) is 2.35. The first-order valence-electron chi connectivity index (χ1n) is 6.87. The molecule has 0 spiro atoms. The summed E-state index contributed by atoms with van der Waals surface area (Å²) in [5, 5.41) is 5.01. The molecule has 2 aromatic heterocycles. The van der Waals surface area contributed by atoms with E-state index in [0.717, 1.165) is 20.8 Å². The summed E-state index contributed by atoms with van der Waals surface area (Å²) in [5.41, 5.74) is 2.11. The molecule has 22 heavy (non-hydrogen) atoms. The van der Waals surface area contributed by atoms with Crippen molar-refractivity contribution in [2.24, 2.45) is 5.10 Å². The van der Waals surface area contributed by atoms with Gasteiger partial charge in [0, 0.05) is 4.88 Å². The molecule has 0 saturated heterocycles. The van der Waals surface area contributed by atoms with Crippen LogP contribution in [0.25, 0.3) is 10.2 Å². The lowest BCUT2D eigenvalue weighted by atomic mass is 10.1. The van der Waals surface area contributed by atoms with E-state index in [0.29, 0.717) is 16.9 Å². The monoisotopic (exact) mass is 313 g/mol. The summed E-state index contributed by atoms with van der Waals surface area (Å²) in [4.78, 5) is 30.4. The van der Waals surface area contributed by atoms with E-state index in [2.05, 4.69) is 10.1 Å². The number of thiophene rings is 1. The normalized spacial score (nSPS) is 16.6. The maximum absolute atomic E-state index is 12.7. The van der Waals surface area contributed by atoms with Crippen molar-refractivity contribution in [2.45, 2.75) is 27.7 Å². The molecule has 0 atom stereocenters. The van der Waals surface area contributed by atoms with E-state index in [1.54, 1.807) is 19.9 Å². The van der Waals surface area contributed by atoms with Crippen molar-refractivity contribution in [2.75, 3.05) is 0 Å². The summed E-state index contributed by atoms with van der Waals surface area (Å²) in [5.74, 6) is 0.461. The van der Waals surface area contributed by atoms with Gasteiger partial charge in [-0.05, 0) is 57.1 Å². The Kier molecular flexibility index (Phi) is 3.41. The SMILES string of the molecule is CC1=CC(=O)C=CC1=Nn1c(C)nc2sc(C)c(C)c2c1=O. The van der Waals surface area contributed by atoms with Crippen molar-refractivity contribution >= 4 is 33.0 Å². The van der Waals surface area contributed by atoms with Crippen molar-refractivity contribution in [1.29, 1.82) is 0 Å². The number of aryl methyl sites for hydroxylation is 3. The summed E-state index contributed by atoms with van der Waals surface area (Å²) in [7, 11) is 0. The zero-order valence-electron chi connectivity index (χ0n) is 12.8. The maximum atomic E-state index is 12.7. The Morgan fingerprint density at radius 3 is 2.55 bits per heavy atom. The van der Waals surface area contributed by atoms with Gasteiger partial charge in [-0.15, -0.1) is 11.3 Å². The first kappa shape index (κ1) is 14.6. The quantitative estimate of drug-likeness (QED) is 0.760. The Hall–Kier alpha value is -2.34. The van der Waals surface area contributed by atoms with Crippen molar-refractivity contribution in [3.63, 3.8) is 0 Å². The van der Waals surface area contributed by atoms with Crippen LogP contribution in [0.15, 0.2) is 33.7 Å². The Morgan fingerprint density at radius 1 is 1.14 bits per heavy atom. The van der Waals surface area contributed by atoms with Gasteiger partial charge in [-0.3, -0.25) is 9.59 Å². The zero-order valence-corrected chi connectivity index (χ0v) is 13.6. The van der Waals surface area contributed by atoms with Gasteiger partial charge in [0.1, 0.15) is 10.7 Å². The number of ketones is 1. The lowest BCUT2D eigenvalue weighted by molar-refractivity contribution is -0.110. The zero-order chi connectivity index (χ0) is 16.0. The van der Waals surface area contributed by atoms with Crippen LogP contribution in [0.3, 0.4) is 0 Å². The molecular formula is C16H15N3O2S. The Morgan fingerprint density at radius 2 is 1.86 bits per heavy atom. The molecular weight excluding hydrogens is 298 g/mol. The molecule has 1 aliphatic rings. The average Bonchev–Trinajstić information content (AvgIpc) is 2.72. The molecule has 0 N–H and O–H groups in total. The molecule has 6 heteroatoms. The molecule has 0 radical (unpaired) electrons. The Bertz CT molecular complexity index is 958. The fraction of sp³-hybridized carbons (Fsp3) is 0.250. The van der Waals surface area contributed by atoms with Crippen LogP contribution in [0, 0.1) is 20.8 Å². The minimum absolute atomic E-state index is 0.0709. The van der Waals surface area contributed by atoms with E-state index in [4.69, 9.17) is 0 Å². The van der Waals surface area contributed by atoms with Gasteiger partial charge in [-0.2, -0.15) is 9.78 Å². The number of allylic oxidation sites excluding steroid dienone is 4. The van der Waals surface area contributed by atoms with E-state index in [1.807, 2.05) is 13.8 Å². The molecule has 2 heterocycles. The second-order valence-corrected chi connectivity index (χ2v) is 6.49. The number of fused-ring (bicyclic) bond motifs is 1. The highest BCUT2D eigenvalue weighted by molar-refractivity contribution is 7.18. The summed E-state index contributed by atoms with van der Waals surface area (Å²) in [6.45, 7) is 7.46. The molecule has 0 bridgehead atoms. The van der Waals surface area contributed by atoms with Gasteiger partial charge < -0.3 is 0 Å². The van der Waals surface area contributed by atoms with E-state index < -0.39 is 0 Å². The number of aromatic nitrogens is 2. The number of hydrogen-bond donors (Lipinski definition) is 0. The molecule has 0 unspecified atom stereocenters. The number of rotatable bonds is 1. The van der Waals surface area contributed by atoms with Crippen LogP contribution < -0.4 is 5.56 Å². The van der Waals surface area contributed by atoms with Gasteiger partial charge in [0.05, 0.1) is 11.1 Å². The van der Waals surface area contributed by atoms with Crippen LogP contribution >= 0.6 is 11.3 Å². The van der Waals surface area contributed by atoms with E-state index in [1.165, 1.54) is 28.2 Å². The number of carbonyl (C=O) groups is 1. The fourth-order valence-corrected chi connectivity index (χ4v) is 3.42. The van der Waals surface area contributed by atoms with Gasteiger partial charge >= 0.3 is 0 Å². The summed E-state index contributed by atoms with van der Waals surface area (Å²) in [6, 6.07) is 0. The minimum Gasteiger partial charge on any atom is -0.290 e. The molecule has 3 rings (SSSR count). The number of hydrogen-bond acceptors (Lipinski definition) is 5. The smallest absolute Gasteiger partial charge is 0.283 e. The number of nitrogens with zero attached hydrogens (tertiary/aromatic N) is 3. The highest BCUT2D eigenvalue weighted by Crippen LogP contribution is 2.26. The number of carbonyl (C=O) groups excluding carboxylic acids is 1. The van der Waals surface area contributed by atoms with Crippen LogP contribution in [0.4, 0.5) is 0 Å². The molecule has 0 aliphatic heterocycles. The highest BCUT2D eigenvalue weighted by atomic mass is 32.1. The third-order valence-corrected chi connectivity index (χ3v) is 4.82. The second-order valence-electron chi connectivity index (χ2n) is 5.29. The maximum Gasteiger partial charge on any atom is 0.283 e. The van der Waals surface area contributed by atoms with Gasteiger partial charge in [-0.25, -0.2) is 4.98 Å². The Balaban J connectivity index is 2.26. The second kappa shape index (κ2) is 5.14. The summed E-state index contributed by atoms with van der Waals surface area (Å²) >= 11 is 1.52. The van der Waals surface area contributed by atoms with Crippen molar-refractivity contribution in [3.05, 3.63) is 50.4 Å². The minimum atomic E-state index is -0.171. The van der Waals surface area contributed by atoms with Crippen LogP contribution in [0.2, 0.25) is 0 Å². The van der Waals surface area contributed by atoms with Gasteiger partial charge in [0.2, 0.25) is 0 Å². The first-order chi connectivity index (χ1) is 10.4. The Labute approximate surface area is 131 Å². The first-order valence-corrected chi connectivity index (χ1v) is 7.69. The summed E-state index contributed by atoms with van der Waals surface area (Å²) < 4.78 is 1.31. The van der Waals surface area contributed by atoms with Crippen LogP contribution in [-0.2, 0) is 4.79 Å². The largest absolute Gasteiger partial charge is 0.290 e. The molecule has 0 fully saturated rings. The molecule has 5 nitrogen and oxygen atoms in total. The van der Waals surface area contributed by atoms with Gasteiger partial charge in [0.25, 0.3) is 5.56 Å². The topological polar surface area (TPSA) is 64.3 Å². The third kappa shape index (κ3) is 2.25. The van der Waals surface area contributed by atoms with Crippen LogP contribution in [0.5, 0.6) is 0 Å². The average molecular weight is 313 g/mol. The van der Waals surface area contributed by atoms with E-state index >= 15 is 0 Å². The lowest BCUT2D eigenvalue weighted by Gasteiger charge is -2.08. The lowest BCUT2D eigenvalue weighted by Crippen LogP contribution is -2.22. The molecule has 0 aromatic carbocycles. The van der Waals surface area contributed by atoms with E-state index in [9.17, 15) is 9.59 Å². The molecule has 1 aliphatic carbocycles.